The second-order valence-electron chi connectivity index (χ2n) is 4.95. The van der Waals surface area contributed by atoms with Gasteiger partial charge in [0, 0.05) is 16.9 Å². The van der Waals surface area contributed by atoms with Gasteiger partial charge < -0.3 is 4.74 Å². The Kier molecular flexibility index (Phi) is 4.46. The van der Waals surface area contributed by atoms with Gasteiger partial charge in [-0.25, -0.2) is 0 Å². The maximum atomic E-state index is 5.45. The molecule has 0 fully saturated rings. The molecule has 0 radical (unpaired) electrons. The zero-order chi connectivity index (χ0) is 14.5. The van der Waals surface area contributed by atoms with Crippen LogP contribution < -0.4 is 4.74 Å². The van der Waals surface area contributed by atoms with Gasteiger partial charge >= 0.3 is 0 Å². The van der Waals surface area contributed by atoms with Crippen molar-refractivity contribution in [3.05, 3.63) is 77.9 Å². The lowest BCUT2D eigenvalue weighted by molar-refractivity contribution is 0.420. The minimum absolute atomic E-state index is 0.947. The Hall–Kier alpha value is -1.93. The van der Waals surface area contributed by atoms with Gasteiger partial charge in [0.25, 0.3) is 0 Å². The summed E-state index contributed by atoms with van der Waals surface area (Å²) in [6, 6.07) is 23.3. The molecule has 0 atom stereocenters. The van der Waals surface area contributed by atoms with Crippen LogP contribution in [0.25, 0.3) is 10.8 Å². The third-order valence-corrected chi connectivity index (χ3v) is 4.62. The van der Waals surface area contributed by atoms with E-state index in [4.69, 9.17) is 4.74 Å². The number of benzene rings is 3. The Morgan fingerprint density at radius 2 is 1.48 bits per heavy atom. The highest BCUT2D eigenvalue weighted by Gasteiger charge is 2.06. The van der Waals surface area contributed by atoms with Crippen molar-refractivity contribution in [2.45, 2.75) is 11.5 Å². The average molecular weight is 294 g/mol. The monoisotopic (exact) mass is 294 g/mol. The molecule has 3 aromatic carbocycles. The van der Waals surface area contributed by atoms with Crippen molar-refractivity contribution < 1.29 is 4.74 Å². The SMILES string of the molecule is COc1ccc(CSCc2ccccc2)c2ccccc12. The predicted molar refractivity (Wildman–Crippen MR) is 91.9 cm³/mol. The van der Waals surface area contributed by atoms with Crippen LogP contribution in [0.4, 0.5) is 0 Å². The van der Waals surface area contributed by atoms with Crippen molar-refractivity contribution in [2.24, 2.45) is 0 Å². The standard InChI is InChI=1S/C19H18OS/c1-20-19-12-11-16(17-9-5-6-10-18(17)19)14-21-13-15-7-3-2-4-8-15/h2-12H,13-14H2,1H3. The van der Waals surface area contributed by atoms with E-state index in [1.807, 2.05) is 11.8 Å². The quantitative estimate of drug-likeness (QED) is 0.633. The van der Waals surface area contributed by atoms with Gasteiger partial charge in [0.15, 0.2) is 0 Å². The van der Waals surface area contributed by atoms with Gasteiger partial charge in [-0.2, -0.15) is 11.8 Å². The minimum Gasteiger partial charge on any atom is -0.496 e. The molecule has 0 aliphatic carbocycles. The number of thioether (sulfide) groups is 1. The molecule has 106 valence electrons. The van der Waals surface area contributed by atoms with E-state index in [-0.39, 0.29) is 0 Å². The number of rotatable bonds is 5. The lowest BCUT2D eigenvalue weighted by atomic mass is 10.0. The van der Waals surface area contributed by atoms with Crippen LogP contribution in [0.1, 0.15) is 11.1 Å². The summed E-state index contributed by atoms with van der Waals surface area (Å²) in [4.78, 5) is 0. The summed E-state index contributed by atoms with van der Waals surface area (Å²) < 4.78 is 5.45. The largest absolute Gasteiger partial charge is 0.496 e. The van der Waals surface area contributed by atoms with Crippen molar-refractivity contribution >= 4 is 22.5 Å². The number of ether oxygens (including phenoxy) is 1. The Labute approximate surface area is 130 Å². The maximum absolute atomic E-state index is 5.45. The molecule has 0 aliphatic rings. The van der Waals surface area contributed by atoms with Crippen LogP contribution in [0.5, 0.6) is 5.75 Å². The van der Waals surface area contributed by atoms with Crippen LogP contribution in [0.2, 0.25) is 0 Å². The Morgan fingerprint density at radius 1 is 0.762 bits per heavy atom. The van der Waals surface area contributed by atoms with Crippen LogP contribution in [0.15, 0.2) is 66.7 Å². The Bertz CT molecular complexity index is 722. The molecule has 0 aliphatic heterocycles. The Balaban J connectivity index is 1.78. The zero-order valence-corrected chi connectivity index (χ0v) is 12.9. The molecule has 2 heteroatoms. The first kappa shape index (κ1) is 14.0. The van der Waals surface area contributed by atoms with Crippen LogP contribution in [-0.2, 0) is 11.5 Å². The molecule has 21 heavy (non-hydrogen) atoms. The summed E-state index contributed by atoms with van der Waals surface area (Å²) in [7, 11) is 1.73. The summed E-state index contributed by atoms with van der Waals surface area (Å²) in [5.74, 6) is 3.00. The first-order valence-corrected chi connectivity index (χ1v) is 8.20. The predicted octanol–water partition coefficient (Wildman–Crippen LogP) is 5.28. The van der Waals surface area contributed by atoms with E-state index in [1.165, 1.54) is 21.9 Å². The highest BCUT2D eigenvalue weighted by atomic mass is 32.2. The molecule has 0 heterocycles. The molecule has 0 bridgehead atoms. The highest BCUT2D eigenvalue weighted by Crippen LogP contribution is 2.30. The van der Waals surface area contributed by atoms with Gasteiger partial charge in [0.2, 0.25) is 0 Å². The van der Waals surface area contributed by atoms with E-state index >= 15 is 0 Å². The second-order valence-corrected chi connectivity index (χ2v) is 5.94. The first-order valence-electron chi connectivity index (χ1n) is 7.05. The summed E-state index contributed by atoms with van der Waals surface area (Å²) in [6.07, 6.45) is 0. The third-order valence-electron chi connectivity index (χ3n) is 3.56. The molecular weight excluding hydrogens is 276 g/mol. The number of hydrogen-bond donors (Lipinski definition) is 0. The van der Waals surface area contributed by atoms with Gasteiger partial charge in [-0.3, -0.25) is 0 Å². The molecule has 3 aromatic rings. The molecule has 0 amide bonds. The normalized spacial score (nSPS) is 10.7. The zero-order valence-electron chi connectivity index (χ0n) is 12.1. The van der Waals surface area contributed by atoms with Crippen LogP contribution in [0.3, 0.4) is 0 Å². The summed E-state index contributed by atoms with van der Waals surface area (Å²) in [6.45, 7) is 0. The summed E-state index contributed by atoms with van der Waals surface area (Å²) in [5.41, 5.74) is 2.74. The molecule has 0 unspecified atom stereocenters. The maximum Gasteiger partial charge on any atom is 0.126 e. The van der Waals surface area contributed by atoms with E-state index < -0.39 is 0 Å². The van der Waals surface area contributed by atoms with Crippen LogP contribution >= 0.6 is 11.8 Å². The van der Waals surface area contributed by atoms with Gasteiger partial charge in [-0.15, -0.1) is 0 Å². The number of methoxy groups -OCH3 is 1. The molecule has 3 rings (SSSR count). The highest BCUT2D eigenvalue weighted by molar-refractivity contribution is 7.97. The molecule has 0 saturated heterocycles. The summed E-state index contributed by atoms with van der Waals surface area (Å²) >= 11 is 1.95. The fraction of sp³-hybridized carbons (Fsp3) is 0.158. The fourth-order valence-electron chi connectivity index (χ4n) is 2.49. The van der Waals surface area contributed by atoms with E-state index in [1.54, 1.807) is 7.11 Å². The van der Waals surface area contributed by atoms with Gasteiger partial charge in [-0.1, -0.05) is 60.7 Å². The molecule has 0 N–H and O–H groups in total. The lowest BCUT2D eigenvalue weighted by Gasteiger charge is -2.10. The van der Waals surface area contributed by atoms with E-state index in [0.29, 0.717) is 0 Å². The van der Waals surface area contributed by atoms with Crippen molar-refractivity contribution in [2.75, 3.05) is 7.11 Å². The van der Waals surface area contributed by atoms with Crippen molar-refractivity contribution in [1.29, 1.82) is 0 Å². The van der Waals surface area contributed by atoms with E-state index in [2.05, 4.69) is 66.7 Å². The lowest BCUT2D eigenvalue weighted by Crippen LogP contribution is -1.90. The molecule has 0 spiro atoms. The third kappa shape index (κ3) is 3.22. The van der Waals surface area contributed by atoms with Crippen molar-refractivity contribution in [3.8, 4) is 5.75 Å². The second kappa shape index (κ2) is 6.68. The number of fused-ring (bicyclic) bond motifs is 1. The van der Waals surface area contributed by atoms with Crippen LogP contribution in [-0.4, -0.2) is 7.11 Å². The fourth-order valence-corrected chi connectivity index (χ4v) is 3.49. The average Bonchev–Trinajstić information content (AvgIpc) is 2.56. The van der Waals surface area contributed by atoms with E-state index in [0.717, 1.165) is 17.3 Å². The van der Waals surface area contributed by atoms with Crippen molar-refractivity contribution in [1.82, 2.24) is 0 Å². The molecule has 0 saturated carbocycles. The molecular formula is C19H18OS. The van der Waals surface area contributed by atoms with Crippen LogP contribution in [0, 0.1) is 0 Å². The first-order chi connectivity index (χ1) is 10.4. The van der Waals surface area contributed by atoms with Gasteiger partial charge in [-0.05, 0) is 22.6 Å². The minimum atomic E-state index is 0.947. The summed E-state index contributed by atoms with van der Waals surface area (Å²) in [5, 5.41) is 2.48. The smallest absolute Gasteiger partial charge is 0.126 e. The number of hydrogen-bond acceptors (Lipinski definition) is 2. The van der Waals surface area contributed by atoms with Gasteiger partial charge in [0.05, 0.1) is 7.11 Å². The van der Waals surface area contributed by atoms with Gasteiger partial charge in [0.1, 0.15) is 5.75 Å². The van der Waals surface area contributed by atoms with E-state index in [9.17, 15) is 0 Å². The Morgan fingerprint density at radius 3 is 2.24 bits per heavy atom. The topological polar surface area (TPSA) is 9.23 Å². The molecule has 1 nitrogen and oxygen atoms in total. The van der Waals surface area contributed by atoms with Crippen molar-refractivity contribution in [3.63, 3.8) is 0 Å². The molecule has 0 aromatic heterocycles.